The number of hydrogen-bond donors (Lipinski definition) is 2. The summed E-state index contributed by atoms with van der Waals surface area (Å²) in [6.07, 6.45) is 2.07. The predicted octanol–water partition coefficient (Wildman–Crippen LogP) is 3.80. The van der Waals surface area contributed by atoms with Crippen LogP contribution >= 0.6 is 15.9 Å². The van der Waals surface area contributed by atoms with E-state index in [0.717, 1.165) is 28.1 Å². The summed E-state index contributed by atoms with van der Waals surface area (Å²) < 4.78 is 6.60. The zero-order valence-corrected chi connectivity index (χ0v) is 13.5. The Labute approximate surface area is 133 Å². The van der Waals surface area contributed by atoms with E-state index in [0.29, 0.717) is 13.2 Å². The van der Waals surface area contributed by atoms with Crippen LogP contribution in [0.2, 0.25) is 0 Å². The molecular weight excluding hydrogens is 330 g/mol. The molecule has 1 fully saturated rings. The van der Waals surface area contributed by atoms with Crippen molar-refractivity contribution < 1.29 is 9.84 Å². The quantitative estimate of drug-likeness (QED) is 0.798. The lowest BCUT2D eigenvalue weighted by Crippen LogP contribution is -2.25. The third-order valence-electron chi connectivity index (χ3n) is 3.76. The normalized spacial score (nSPS) is 16.1. The van der Waals surface area contributed by atoms with E-state index < -0.39 is 6.10 Å². The summed E-state index contributed by atoms with van der Waals surface area (Å²) in [4.78, 5) is 0. The van der Waals surface area contributed by atoms with Gasteiger partial charge in [0.2, 0.25) is 0 Å². The lowest BCUT2D eigenvalue weighted by Gasteiger charge is -2.15. The van der Waals surface area contributed by atoms with Gasteiger partial charge in [0, 0.05) is 28.7 Å². The molecule has 0 saturated heterocycles. The second-order valence-electron chi connectivity index (χ2n) is 5.66. The summed E-state index contributed by atoms with van der Waals surface area (Å²) in [5.41, 5.74) is 1.04. The Bertz CT molecular complexity index is 613. The summed E-state index contributed by atoms with van der Waals surface area (Å²) in [5.74, 6) is 0.737. The van der Waals surface area contributed by atoms with Crippen molar-refractivity contribution in [3.63, 3.8) is 0 Å². The molecule has 1 aliphatic carbocycles. The van der Waals surface area contributed by atoms with E-state index in [2.05, 4.69) is 33.4 Å². The smallest absolute Gasteiger partial charge is 0.0945 e. The Kier molecular flexibility index (Phi) is 4.78. The van der Waals surface area contributed by atoms with Crippen molar-refractivity contribution in [2.45, 2.75) is 18.9 Å². The Balaban J connectivity index is 1.58. The van der Waals surface area contributed by atoms with Gasteiger partial charge in [0.1, 0.15) is 0 Å². The highest BCUT2D eigenvalue weighted by Gasteiger charge is 2.21. The Morgan fingerprint density at radius 1 is 1.19 bits per heavy atom. The molecule has 2 N–H and O–H groups in total. The zero-order chi connectivity index (χ0) is 14.7. The molecule has 2 aromatic carbocycles. The number of aliphatic hydroxyl groups is 1. The maximum Gasteiger partial charge on any atom is 0.0945 e. The fraction of sp³-hybridized carbons (Fsp3) is 0.412. The molecule has 0 aliphatic heterocycles. The predicted molar refractivity (Wildman–Crippen MR) is 89.7 cm³/mol. The summed E-state index contributed by atoms with van der Waals surface area (Å²) in [7, 11) is 0. The molecule has 0 radical (unpaired) electrons. The highest BCUT2D eigenvalue weighted by Crippen LogP contribution is 2.30. The minimum absolute atomic E-state index is 0.401. The average molecular weight is 350 g/mol. The SMILES string of the molecule is OC(CNc1ccc(Br)c2ccccc12)COCC1CC1. The lowest BCUT2D eigenvalue weighted by atomic mass is 10.1. The van der Waals surface area contributed by atoms with E-state index >= 15 is 0 Å². The van der Waals surface area contributed by atoms with Gasteiger partial charge >= 0.3 is 0 Å². The van der Waals surface area contributed by atoms with Crippen LogP contribution in [0.4, 0.5) is 5.69 Å². The summed E-state index contributed by atoms with van der Waals surface area (Å²) >= 11 is 3.57. The van der Waals surface area contributed by atoms with Crippen molar-refractivity contribution >= 4 is 32.4 Å². The highest BCUT2D eigenvalue weighted by atomic mass is 79.9. The van der Waals surface area contributed by atoms with Gasteiger partial charge in [0.15, 0.2) is 0 Å². The number of nitrogens with one attached hydrogen (secondary N) is 1. The number of rotatable bonds is 7. The van der Waals surface area contributed by atoms with Crippen molar-refractivity contribution in [3.8, 4) is 0 Å². The van der Waals surface area contributed by atoms with Gasteiger partial charge < -0.3 is 15.2 Å². The molecule has 3 nitrogen and oxygen atoms in total. The summed E-state index contributed by atoms with van der Waals surface area (Å²) in [6.45, 7) is 1.69. The largest absolute Gasteiger partial charge is 0.389 e. The molecule has 1 saturated carbocycles. The number of benzene rings is 2. The van der Waals surface area contributed by atoms with Crippen LogP contribution in [0.25, 0.3) is 10.8 Å². The highest BCUT2D eigenvalue weighted by molar-refractivity contribution is 9.10. The maximum atomic E-state index is 9.97. The van der Waals surface area contributed by atoms with Gasteiger partial charge in [0.25, 0.3) is 0 Å². The molecule has 21 heavy (non-hydrogen) atoms. The van der Waals surface area contributed by atoms with Crippen LogP contribution in [0.15, 0.2) is 40.9 Å². The van der Waals surface area contributed by atoms with Gasteiger partial charge in [-0.25, -0.2) is 0 Å². The minimum atomic E-state index is -0.480. The molecule has 0 aromatic heterocycles. The van der Waals surface area contributed by atoms with Crippen LogP contribution in [0, 0.1) is 5.92 Å². The van der Waals surface area contributed by atoms with Crippen LogP contribution < -0.4 is 5.32 Å². The number of halogens is 1. The second kappa shape index (κ2) is 6.77. The third kappa shape index (κ3) is 3.96. The van der Waals surface area contributed by atoms with Crippen molar-refractivity contribution in [3.05, 3.63) is 40.9 Å². The van der Waals surface area contributed by atoms with E-state index in [1.165, 1.54) is 18.2 Å². The third-order valence-corrected chi connectivity index (χ3v) is 4.45. The molecule has 4 heteroatoms. The van der Waals surface area contributed by atoms with E-state index in [-0.39, 0.29) is 0 Å². The Morgan fingerprint density at radius 2 is 1.95 bits per heavy atom. The first-order valence-electron chi connectivity index (χ1n) is 7.41. The molecule has 0 spiro atoms. The standard InChI is InChI=1S/C17H20BrNO2/c18-16-7-8-17(15-4-2-1-3-14(15)16)19-9-13(20)11-21-10-12-5-6-12/h1-4,7-8,12-13,19-20H,5-6,9-11H2. The molecule has 3 rings (SSSR count). The average Bonchev–Trinajstić information content (AvgIpc) is 3.31. The fourth-order valence-corrected chi connectivity index (χ4v) is 2.84. The van der Waals surface area contributed by atoms with Gasteiger partial charge in [0.05, 0.1) is 12.7 Å². The van der Waals surface area contributed by atoms with Crippen molar-refractivity contribution in [2.24, 2.45) is 5.92 Å². The molecule has 1 aliphatic rings. The first-order chi connectivity index (χ1) is 10.2. The molecule has 0 heterocycles. The number of anilines is 1. The van der Waals surface area contributed by atoms with Crippen LogP contribution in [0.5, 0.6) is 0 Å². The molecule has 1 unspecified atom stereocenters. The van der Waals surface area contributed by atoms with Gasteiger partial charge in [-0.1, -0.05) is 40.2 Å². The van der Waals surface area contributed by atoms with Gasteiger partial charge in [-0.05, 0) is 36.3 Å². The van der Waals surface area contributed by atoms with Crippen LogP contribution in [0.1, 0.15) is 12.8 Å². The molecule has 1 atom stereocenters. The fourth-order valence-electron chi connectivity index (χ4n) is 2.36. The number of hydrogen-bond acceptors (Lipinski definition) is 3. The van der Waals surface area contributed by atoms with Gasteiger partial charge in [-0.15, -0.1) is 0 Å². The second-order valence-corrected chi connectivity index (χ2v) is 6.51. The first-order valence-corrected chi connectivity index (χ1v) is 8.20. The van der Waals surface area contributed by atoms with Crippen molar-refractivity contribution in [1.29, 1.82) is 0 Å². The monoisotopic (exact) mass is 349 g/mol. The van der Waals surface area contributed by atoms with E-state index in [1.807, 2.05) is 24.3 Å². The summed E-state index contributed by atoms with van der Waals surface area (Å²) in [6, 6.07) is 12.3. The number of ether oxygens (including phenoxy) is 1. The number of aliphatic hydroxyl groups excluding tert-OH is 1. The van der Waals surface area contributed by atoms with Gasteiger partial charge in [-0.2, -0.15) is 0 Å². The first kappa shape index (κ1) is 14.8. The van der Waals surface area contributed by atoms with Gasteiger partial charge in [-0.3, -0.25) is 0 Å². The number of fused-ring (bicyclic) bond motifs is 1. The molecular formula is C17H20BrNO2. The van der Waals surface area contributed by atoms with Crippen molar-refractivity contribution in [1.82, 2.24) is 0 Å². The van der Waals surface area contributed by atoms with E-state index in [9.17, 15) is 5.11 Å². The lowest BCUT2D eigenvalue weighted by molar-refractivity contribution is 0.0386. The summed E-state index contributed by atoms with van der Waals surface area (Å²) in [5, 5.41) is 15.6. The zero-order valence-electron chi connectivity index (χ0n) is 11.9. The van der Waals surface area contributed by atoms with E-state index in [1.54, 1.807) is 0 Å². The molecule has 112 valence electrons. The Hall–Kier alpha value is -1.10. The van der Waals surface area contributed by atoms with Crippen molar-refractivity contribution in [2.75, 3.05) is 25.1 Å². The molecule has 0 amide bonds. The minimum Gasteiger partial charge on any atom is -0.389 e. The van der Waals surface area contributed by atoms with E-state index in [4.69, 9.17) is 4.74 Å². The topological polar surface area (TPSA) is 41.5 Å². The van der Waals surface area contributed by atoms with Crippen LogP contribution in [-0.2, 0) is 4.74 Å². The molecule has 0 bridgehead atoms. The molecule has 2 aromatic rings. The maximum absolute atomic E-state index is 9.97. The van der Waals surface area contributed by atoms with Crippen LogP contribution in [-0.4, -0.2) is 31.0 Å². The Morgan fingerprint density at radius 3 is 2.71 bits per heavy atom. The van der Waals surface area contributed by atoms with Crippen LogP contribution in [0.3, 0.4) is 0 Å².